The number of carbonyl (C=O) groups is 1. The van der Waals surface area contributed by atoms with E-state index >= 15 is 0 Å². The van der Waals surface area contributed by atoms with Crippen molar-refractivity contribution in [2.45, 2.75) is 38.2 Å². The monoisotopic (exact) mass is 231 g/mol. The second-order valence-electron chi connectivity index (χ2n) is 4.57. The van der Waals surface area contributed by atoms with E-state index in [0.717, 1.165) is 0 Å². The molecular weight excluding hydrogens is 213 g/mol. The van der Waals surface area contributed by atoms with Gasteiger partial charge in [-0.2, -0.15) is 0 Å². The Morgan fingerprint density at radius 3 is 2.69 bits per heavy atom. The smallest absolute Gasteiger partial charge is 0.451 e. The van der Waals surface area contributed by atoms with E-state index in [9.17, 15) is 9.90 Å². The highest BCUT2D eigenvalue weighted by Gasteiger charge is 2.49. The second-order valence-corrected chi connectivity index (χ2v) is 4.57. The highest BCUT2D eigenvalue weighted by Crippen LogP contribution is 2.36. The number of carboxylic acid groups (broad SMARTS) is 1. The van der Waals surface area contributed by atoms with Crippen LogP contribution in [0, 0.1) is 5.41 Å². The van der Waals surface area contributed by atoms with Crippen LogP contribution in [0.4, 0.5) is 0 Å². The quantitative estimate of drug-likeness (QED) is 0.375. The van der Waals surface area contributed by atoms with Gasteiger partial charge in [-0.05, 0) is 12.7 Å². The van der Waals surface area contributed by atoms with Gasteiger partial charge >= 0.3 is 13.1 Å². The molecule has 0 aliphatic carbocycles. The molecule has 0 aromatic carbocycles. The van der Waals surface area contributed by atoms with Gasteiger partial charge in [-0.15, -0.1) is 0 Å². The second kappa shape index (κ2) is 5.14. The van der Waals surface area contributed by atoms with E-state index in [0.29, 0.717) is 12.8 Å². The molecule has 3 atom stereocenters. The number of aliphatic hydroxyl groups excluding tert-OH is 1. The minimum atomic E-state index is -1.38. The zero-order valence-electron chi connectivity index (χ0n) is 9.26. The van der Waals surface area contributed by atoms with Gasteiger partial charge in [0.2, 0.25) is 0 Å². The van der Waals surface area contributed by atoms with E-state index in [-0.39, 0.29) is 12.9 Å². The van der Waals surface area contributed by atoms with E-state index in [1.54, 1.807) is 6.92 Å². The average Bonchev–Trinajstić information content (AvgIpc) is 2.43. The Kier molecular flexibility index (Phi) is 4.31. The Morgan fingerprint density at radius 2 is 2.19 bits per heavy atom. The predicted molar refractivity (Wildman–Crippen MR) is 57.8 cm³/mol. The Labute approximate surface area is 94.4 Å². The molecule has 3 unspecified atom stereocenters. The van der Waals surface area contributed by atoms with Crippen LogP contribution in [0.15, 0.2) is 0 Å². The molecule has 0 amide bonds. The summed E-state index contributed by atoms with van der Waals surface area (Å²) in [6.45, 7) is 1.97. The third-order valence-electron chi connectivity index (χ3n) is 3.36. The van der Waals surface area contributed by atoms with Gasteiger partial charge in [0.05, 0.1) is 6.10 Å². The lowest BCUT2D eigenvalue weighted by Gasteiger charge is -2.31. The predicted octanol–water partition coefficient (Wildman–Crippen LogP) is -1.34. The van der Waals surface area contributed by atoms with Crippen molar-refractivity contribution in [2.24, 2.45) is 5.41 Å². The van der Waals surface area contributed by atoms with Crippen LogP contribution in [0.1, 0.15) is 19.8 Å². The zero-order chi connectivity index (χ0) is 12.3. The first-order valence-electron chi connectivity index (χ1n) is 5.38. The molecule has 16 heavy (non-hydrogen) atoms. The molecule has 0 radical (unpaired) electrons. The summed E-state index contributed by atoms with van der Waals surface area (Å²) < 4.78 is 0. The van der Waals surface area contributed by atoms with Crippen LogP contribution in [0.25, 0.3) is 0 Å². The van der Waals surface area contributed by atoms with Crippen LogP contribution < -0.4 is 5.32 Å². The largest absolute Gasteiger partial charge is 0.480 e. The maximum absolute atomic E-state index is 11.0. The van der Waals surface area contributed by atoms with Crippen molar-refractivity contribution in [1.29, 1.82) is 0 Å². The fourth-order valence-corrected chi connectivity index (χ4v) is 2.23. The Hall–Kier alpha value is -0.625. The molecule has 1 rings (SSSR count). The maximum atomic E-state index is 11.0. The van der Waals surface area contributed by atoms with Crippen molar-refractivity contribution in [3.8, 4) is 0 Å². The summed E-state index contributed by atoms with van der Waals surface area (Å²) in [5.74, 6) is -0.983. The minimum Gasteiger partial charge on any atom is -0.480 e. The van der Waals surface area contributed by atoms with Gasteiger partial charge < -0.3 is 25.6 Å². The van der Waals surface area contributed by atoms with Crippen molar-refractivity contribution in [3.05, 3.63) is 0 Å². The minimum absolute atomic E-state index is 0.189. The summed E-state index contributed by atoms with van der Waals surface area (Å²) in [5, 5.41) is 39.0. The molecule has 1 heterocycles. The lowest BCUT2D eigenvalue weighted by Crippen LogP contribution is -2.44. The van der Waals surface area contributed by atoms with Gasteiger partial charge in [-0.3, -0.25) is 4.79 Å². The van der Waals surface area contributed by atoms with Gasteiger partial charge in [-0.25, -0.2) is 0 Å². The van der Waals surface area contributed by atoms with Gasteiger partial charge in [0.1, 0.15) is 6.04 Å². The van der Waals surface area contributed by atoms with Gasteiger partial charge in [0.15, 0.2) is 0 Å². The number of rotatable bonds is 5. The van der Waals surface area contributed by atoms with Gasteiger partial charge in [-0.1, -0.05) is 13.3 Å². The molecule has 92 valence electrons. The van der Waals surface area contributed by atoms with E-state index in [1.807, 2.05) is 0 Å². The zero-order valence-corrected chi connectivity index (χ0v) is 9.26. The number of hydrogen-bond donors (Lipinski definition) is 5. The molecule has 1 aliphatic heterocycles. The van der Waals surface area contributed by atoms with Crippen LogP contribution in [0.3, 0.4) is 0 Å². The highest BCUT2D eigenvalue weighted by atomic mass is 16.4. The fraction of sp³-hybridized carbons (Fsp3) is 0.889. The molecule has 6 nitrogen and oxygen atoms in total. The maximum Gasteiger partial charge on any atom is 0.451 e. The Morgan fingerprint density at radius 1 is 1.56 bits per heavy atom. The molecule has 0 bridgehead atoms. The summed E-state index contributed by atoms with van der Waals surface area (Å²) in [5.41, 5.74) is -0.749. The summed E-state index contributed by atoms with van der Waals surface area (Å²) in [4.78, 5) is 11.0. The van der Waals surface area contributed by atoms with E-state index in [1.165, 1.54) is 0 Å². The van der Waals surface area contributed by atoms with Crippen LogP contribution in [0.5, 0.6) is 0 Å². The number of β-amino-alcohol motifs (C(OH)–C–C–N with tert-alkyl or cyclic N) is 1. The first kappa shape index (κ1) is 13.4. The number of aliphatic carboxylic acids is 1. The van der Waals surface area contributed by atoms with Crippen molar-refractivity contribution >= 4 is 13.1 Å². The summed E-state index contributed by atoms with van der Waals surface area (Å²) >= 11 is 0. The van der Waals surface area contributed by atoms with Crippen LogP contribution >= 0.6 is 0 Å². The Bertz CT molecular complexity index is 262. The topological polar surface area (TPSA) is 110 Å². The molecule has 1 aliphatic rings. The van der Waals surface area contributed by atoms with E-state index < -0.39 is 30.6 Å². The standard InChI is InChI=1S/C9H18BNO5/c1-9(3-2-4-10(15)16)6(12)5-11-7(9)8(13)14/h6-7,11-12,15-16H,2-5H2,1H3,(H,13,14). The number of hydrogen-bond acceptors (Lipinski definition) is 5. The third-order valence-corrected chi connectivity index (χ3v) is 3.36. The highest BCUT2D eigenvalue weighted by molar-refractivity contribution is 6.40. The molecule has 0 saturated carbocycles. The van der Waals surface area contributed by atoms with Crippen LogP contribution in [0.2, 0.25) is 6.32 Å². The first-order chi connectivity index (χ1) is 7.38. The molecule has 7 heteroatoms. The van der Waals surface area contributed by atoms with E-state index in [4.69, 9.17) is 15.2 Å². The molecule has 1 saturated heterocycles. The molecule has 0 aromatic rings. The van der Waals surface area contributed by atoms with Crippen molar-refractivity contribution in [1.82, 2.24) is 5.32 Å². The van der Waals surface area contributed by atoms with Crippen molar-refractivity contribution < 1.29 is 25.1 Å². The summed E-state index contributed by atoms with van der Waals surface area (Å²) in [7, 11) is -1.38. The number of carboxylic acids is 1. The molecule has 0 aromatic heterocycles. The molecular formula is C9H18BNO5. The lowest BCUT2D eigenvalue weighted by atomic mass is 9.73. The summed E-state index contributed by atoms with van der Waals surface area (Å²) in [6.07, 6.45) is 0.380. The fourth-order valence-electron chi connectivity index (χ4n) is 2.23. The van der Waals surface area contributed by atoms with Crippen molar-refractivity contribution in [2.75, 3.05) is 6.54 Å². The Balaban J connectivity index is 2.60. The SMILES string of the molecule is CC1(CCCB(O)O)C(O)CNC1C(=O)O. The van der Waals surface area contributed by atoms with Crippen LogP contribution in [-0.4, -0.2) is 52.0 Å². The van der Waals surface area contributed by atoms with Crippen LogP contribution in [-0.2, 0) is 4.79 Å². The number of nitrogens with one attached hydrogen (secondary N) is 1. The average molecular weight is 231 g/mol. The van der Waals surface area contributed by atoms with Gasteiger partial charge in [0.25, 0.3) is 0 Å². The summed E-state index contributed by atoms with van der Waals surface area (Å²) in [6, 6.07) is -0.779. The van der Waals surface area contributed by atoms with Crippen molar-refractivity contribution in [3.63, 3.8) is 0 Å². The first-order valence-corrected chi connectivity index (χ1v) is 5.38. The molecule has 1 fully saturated rings. The molecule has 5 N–H and O–H groups in total. The molecule has 0 spiro atoms. The number of aliphatic hydroxyl groups is 1. The van der Waals surface area contributed by atoms with Gasteiger partial charge in [0, 0.05) is 12.0 Å². The van der Waals surface area contributed by atoms with E-state index in [2.05, 4.69) is 5.32 Å². The normalized spacial score (nSPS) is 34.0. The lowest BCUT2D eigenvalue weighted by molar-refractivity contribution is -0.143. The third kappa shape index (κ3) is 2.73.